The highest BCUT2D eigenvalue weighted by molar-refractivity contribution is 6.01. The first-order chi connectivity index (χ1) is 11.4. The van der Waals surface area contributed by atoms with Gasteiger partial charge in [-0.15, -0.1) is 0 Å². The van der Waals surface area contributed by atoms with Crippen LogP contribution in [0.15, 0.2) is 12.1 Å². The molecule has 0 saturated carbocycles. The SMILES string of the molecule is CC1(C)Oc2ccc([N+](=O)[O-])nc2N(CCN2CCCCC2)C1=O. The summed E-state index contributed by atoms with van der Waals surface area (Å²) in [6.07, 6.45) is 3.59. The molecule has 1 saturated heterocycles. The Morgan fingerprint density at radius 2 is 1.96 bits per heavy atom. The van der Waals surface area contributed by atoms with Gasteiger partial charge in [0.1, 0.15) is 0 Å². The molecule has 1 fully saturated rings. The van der Waals surface area contributed by atoms with Crippen LogP contribution in [0.2, 0.25) is 0 Å². The zero-order valence-corrected chi connectivity index (χ0v) is 14.0. The van der Waals surface area contributed by atoms with Crippen molar-refractivity contribution >= 4 is 17.5 Å². The minimum absolute atomic E-state index is 0.222. The number of piperidine rings is 1. The van der Waals surface area contributed by atoms with Crippen molar-refractivity contribution in [2.24, 2.45) is 0 Å². The zero-order chi connectivity index (χ0) is 17.3. The number of ether oxygens (including phenoxy) is 1. The van der Waals surface area contributed by atoms with Crippen LogP contribution >= 0.6 is 0 Å². The minimum atomic E-state index is -1.01. The van der Waals surface area contributed by atoms with Crippen molar-refractivity contribution in [2.75, 3.05) is 31.1 Å². The van der Waals surface area contributed by atoms with Crippen LogP contribution in [-0.2, 0) is 4.79 Å². The van der Waals surface area contributed by atoms with Crippen LogP contribution in [0, 0.1) is 10.1 Å². The minimum Gasteiger partial charge on any atom is -0.472 e. The van der Waals surface area contributed by atoms with E-state index in [2.05, 4.69) is 9.88 Å². The molecule has 1 aromatic rings. The first-order valence-corrected chi connectivity index (χ1v) is 8.27. The Balaban J connectivity index is 1.86. The molecule has 0 spiro atoms. The Morgan fingerprint density at radius 1 is 1.25 bits per heavy atom. The summed E-state index contributed by atoms with van der Waals surface area (Å²) in [4.78, 5) is 31.1. The molecule has 0 unspecified atom stereocenters. The van der Waals surface area contributed by atoms with Crippen LogP contribution in [0.3, 0.4) is 0 Å². The first kappa shape index (κ1) is 16.6. The lowest BCUT2D eigenvalue weighted by atomic mass is 10.1. The highest BCUT2D eigenvalue weighted by atomic mass is 16.6. The van der Waals surface area contributed by atoms with Crippen molar-refractivity contribution in [3.05, 3.63) is 22.2 Å². The van der Waals surface area contributed by atoms with E-state index in [0.717, 1.165) is 19.6 Å². The first-order valence-electron chi connectivity index (χ1n) is 8.27. The largest absolute Gasteiger partial charge is 0.472 e. The maximum Gasteiger partial charge on any atom is 0.366 e. The van der Waals surface area contributed by atoms with Gasteiger partial charge >= 0.3 is 5.82 Å². The molecule has 0 aliphatic carbocycles. The van der Waals surface area contributed by atoms with Crippen molar-refractivity contribution < 1.29 is 14.5 Å². The van der Waals surface area contributed by atoms with Crippen molar-refractivity contribution in [3.63, 3.8) is 0 Å². The highest BCUT2D eigenvalue weighted by Gasteiger charge is 2.44. The number of fused-ring (bicyclic) bond motifs is 1. The maximum atomic E-state index is 12.7. The third kappa shape index (κ3) is 3.19. The van der Waals surface area contributed by atoms with Crippen LogP contribution in [0.1, 0.15) is 33.1 Å². The van der Waals surface area contributed by atoms with Gasteiger partial charge in [0, 0.05) is 19.2 Å². The Kier molecular flexibility index (Phi) is 4.40. The topological polar surface area (TPSA) is 88.8 Å². The van der Waals surface area contributed by atoms with E-state index >= 15 is 0 Å². The number of hydrogen-bond acceptors (Lipinski definition) is 6. The molecule has 130 valence electrons. The number of carbonyl (C=O) groups is 1. The maximum absolute atomic E-state index is 12.7. The monoisotopic (exact) mass is 334 g/mol. The summed E-state index contributed by atoms with van der Waals surface area (Å²) in [6, 6.07) is 2.82. The van der Waals surface area contributed by atoms with E-state index in [-0.39, 0.29) is 17.5 Å². The second-order valence-corrected chi connectivity index (χ2v) is 6.72. The summed E-state index contributed by atoms with van der Waals surface area (Å²) >= 11 is 0. The van der Waals surface area contributed by atoms with Gasteiger partial charge in [-0.1, -0.05) is 6.42 Å². The van der Waals surface area contributed by atoms with Crippen LogP contribution in [0.5, 0.6) is 5.75 Å². The van der Waals surface area contributed by atoms with E-state index < -0.39 is 10.5 Å². The molecule has 0 N–H and O–H groups in total. The van der Waals surface area contributed by atoms with E-state index in [9.17, 15) is 14.9 Å². The Bertz CT molecular complexity index is 655. The fourth-order valence-corrected chi connectivity index (χ4v) is 3.17. The van der Waals surface area contributed by atoms with Gasteiger partial charge in [-0.25, -0.2) is 0 Å². The van der Waals surface area contributed by atoms with Crippen LogP contribution in [0.25, 0.3) is 0 Å². The predicted molar refractivity (Wildman–Crippen MR) is 88.2 cm³/mol. The van der Waals surface area contributed by atoms with Crippen molar-refractivity contribution in [1.82, 2.24) is 9.88 Å². The molecule has 0 atom stereocenters. The number of amides is 1. The Hall–Kier alpha value is -2.22. The second-order valence-electron chi connectivity index (χ2n) is 6.72. The fraction of sp³-hybridized carbons (Fsp3) is 0.625. The molecule has 1 aromatic heterocycles. The van der Waals surface area contributed by atoms with Gasteiger partial charge in [0.2, 0.25) is 0 Å². The summed E-state index contributed by atoms with van der Waals surface area (Å²) in [7, 11) is 0. The number of anilines is 1. The number of aromatic nitrogens is 1. The van der Waals surface area contributed by atoms with Gasteiger partial charge < -0.3 is 19.8 Å². The third-order valence-corrected chi connectivity index (χ3v) is 4.48. The van der Waals surface area contributed by atoms with Gasteiger partial charge in [0.25, 0.3) is 11.7 Å². The molecule has 3 heterocycles. The van der Waals surface area contributed by atoms with Crippen molar-refractivity contribution in [1.29, 1.82) is 0 Å². The summed E-state index contributed by atoms with van der Waals surface area (Å²) in [6.45, 7) is 6.63. The number of carbonyl (C=O) groups excluding carboxylic acids is 1. The lowest BCUT2D eigenvalue weighted by Gasteiger charge is -2.37. The zero-order valence-electron chi connectivity index (χ0n) is 14.0. The number of nitro groups is 1. The molecular formula is C16H22N4O4. The standard InChI is InChI=1S/C16H22N4O4/c1-16(2)15(21)19(11-10-18-8-4-3-5-9-18)14-12(24-16)6-7-13(17-14)20(22)23/h6-7H,3-5,8-11H2,1-2H3. The van der Waals surface area contributed by atoms with Crippen molar-refractivity contribution in [2.45, 2.75) is 38.7 Å². The van der Waals surface area contributed by atoms with E-state index in [1.165, 1.54) is 36.3 Å². The second kappa shape index (κ2) is 6.35. The molecule has 1 amide bonds. The number of nitrogens with zero attached hydrogens (tertiary/aromatic N) is 4. The number of likely N-dealkylation sites (tertiary alicyclic amines) is 1. The third-order valence-electron chi connectivity index (χ3n) is 4.48. The predicted octanol–water partition coefficient (Wildman–Crippen LogP) is 1.98. The number of rotatable bonds is 4. The fourth-order valence-electron chi connectivity index (χ4n) is 3.17. The molecule has 2 aliphatic heterocycles. The summed E-state index contributed by atoms with van der Waals surface area (Å²) in [5.41, 5.74) is -1.01. The average Bonchev–Trinajstić information content (AvgIpc) is 2.55. The van der Waals surface area contributed by atoms with Gasteiger partial charge in [-0.05, 0) is 55.8 Å². The molecule has 0 aromatic carbocycles. The van der Waals surface area contributed by atoms with E-state index in [0.29, 0.717) is 12.3 Å². The molecule has 2 aliphatic rings. The van der Waals surface area contributed by atoms with Gasteiger partial charge in [-0.3, -0.25) is 9.69 Å². The summed E-state index contributed by atoms with van der Waals surface area (Å²) < 4.78 is 5.70. The Labute approximate surface area is 140 Å². The lowest BCUT2D eigenvalue weighted by Crippen LogP contribution is -2.54. The molecule has 24 heavy (non-hydrogen) atoms. The Morgan fingerprint density at radius 3 is 2.62 bits per heavy atom. The normalized spacial score (nSPS) is 20.4. The molecule has 0 bridgehead atoms. The summed E-state index contributed by atoms with van der Waals surface area (Å²) in [5.74, 6) is 0.141. The summed E-state index contributed by atoms with van der Waals surface area (Å²) in [5, 5.41) is 11.0. The number of hydrogen-bond donors (Lipinski definition) is 0. The number of pyridine rings is 1. The molecule has 8 heteroatoms. The molecule has 0 radical (unpaired) electrons. The molecule has 8 nitrogen and oxygen atoms in total. The molecular weight excluding hydrogens is 312 g/mol. The lowest BCUT2D eigenvalue weighted by molar-refractivity contribution is -0.389. The van der Waals surface area contributed by atoms with Gasteiger partial charge in [0.05, 0.1) is 0 Å². The molecule has 3 rings (SSSR count). The van der Waals surface area contributed by atoms with Gasteiger partial charge in [-0.2, -0.15) is 0 Å². The quantitative estimate of drug-likeness (QED) is 0.618. The van der Waals surface area contributed by atoms with Gasteiger partial charge in [0.15, 0.2) is 11.4 Å². The van der Waals surface area contributed by atoms with Crippen LogP contribution in [0.4, 0.5) is 11.6 Å². The van der Waals surface area contributed by atoms with E-state index in [1.54, 1.807) is 13.8 Å². The smallest absolute Gasteiger partial charge is 0.366 e. The van der Waals surface area contributed by atoms with E-state index in [1.807, 2.05) is 0 Å². The van der Waals surface area contributed by atoms with E-state index in [4.69, 9.17) is 4.74 Å². The highest BCUT2D eigenvalue weighted by Crippen LogP contribution is 2.37. The van der Waals surface area contributed by atoms with Crippen LogP contribution in [-0.4, -0.2) is 52.5 Å². The average molecular weight is 334 g/mol. The van der Waals surface area contributed by atoms with Crippen LogP contribution < -0.4 is 9.64 Å². The van der Waals surface area contributed by atoms with Crippen molar-refractivity contribution in [3.8, 4) is 5.75 Å².